The van der Waals surface area contributed by atoms with E-state index < -0.39 is 5.97 Å². The fourth-order valence-corrected chi connectivity index (χ4v) is 1.95. The highest BCUT2D eigenvalue weighted by atomic mass is 16.6. The van der Waals surface area contributed by atoms with E-state index >= 15 is 0 Å². The lowest BCUT2D eigenvalue weighted by atomic mass is 10.2. The fraction of sp³-hybridized carbons (Fsp3) is 0.308. The minimum absolute atomic E-state index is 0.328. The minimum atomic E-state index is -0.392. The second kappa shape index (κ2) is 5.31. The summed E-state index contributed by atoms with van der Waals surface area (Å²) in [5.41, 5.74) is 2.46. The Labute approximate surface area is 119 Å². The molecule has 8 heteroatoms. The van der Waals surface area contributed by atoms with Crippen molar-refractivity contribution in [3.8, 4) is 0 Å². The van der Waals surface area contributed by atoms with Crippen molar-refractivity contribution < 1.29 is 14.2 Å². The van der Waals surface area contributed by atoms with E-state index in [1.54, 1.807) is 23.9 Å². The molecule has 0 saturated heterocycles. The Kier molecular flexibility index (Phi) is 3.35. The molecule has 0 aliphatic rings. The van der Waals surface area contributed by atoms with Gasteiger partial charge in [-0.15, -0.1) is 0 Å². The summed E-state index contributed by atoms with van der Waals surface area (Å²) in [5.74, 6) is -0.392. The van der Waals surface area contributed by atoms with Gasteiger partial charge in [-0.3, -0.25) is 0 Å². The number of hydrogen-bond acceptors (Lipinski definition) is 7. The van der Waals surface area contributed by atoms with Crippen molar-refractivity contribution in [1.82, 2.24) is 25.1 Å². The first-order chi connectivity index (χ1) is 10.2. The van der Waals surface area contributed by atoms with Gasteiger partial charge in [0.25, 0.3) is 0 Å². The summed E-state index contributed by atoms with van der Waals surface area (Å²) in [6.07, 6.45) is 3.13. The molecule has 0 fully saturated rings. The number of pyridine rings is 1. The zero-order valence-electron chi connectivity index (χ0n) is 11.6. The van der Waals surface area contributed by atoms with E-state index in [0.29, 0.717) is 35.8 Å². The molecule has 3 aromatic rings. The lowest BCUT2D eigenvalue weighted by Crippen LogP contribution is -2.06. The number of carbonyl (C=O) groups is 1. The van der Waals surface area contributed by atoms with Crippen LogP contribution in [0.5, 0.6) is 0 Å². The van der Waals surface area contributed by atoms with Crippen molar-refractivity contribution in [3.05, 3.63) is 35.4 Å². The number of hydrogen-bond donors (Lipinski definition) is 0. The molecule has 0 bridgehead atoms. The number of carbonyl (C=O) groups excluding carboxylic acids is 1. The second-order valence-corrected chi connectivity index (χ2v) is 4.46. The van der Waals surface area contributed by atoms with E-state index in [2.05, 4.69) is 25.0 Å². The molecule has 0 unspecified atom stereocenters. The molecule has 0 N–H and O–H groups in total. The van der Waals surface area contributed by atoms with Crippen LogP contribution in [-0.2, 0) is 11.3 Å². The van der Waals surface area contributed by atoms with Crippen LogP contribution in [0.4, 0.5) is 0 Å². The first-order valence-corrected chi connectivity index (χ1v) is 6.45. The largest absolute Gasteiger partial charge is 0.462 e. The SMILES string of the molecule is CCOC(=O)c1cnc2c(cnn2Cc2nonc2C)c1. The van der Waals surface area contributed by atoms with Gasteiger partial charge in [0.05, 0.1) is 24.9 Å². The number of nitrogens with zero attached hydrogens (tertiary/aromatic N) is 5. The van der Waals surface area contributed by atoms with Crippen LogP contribution in [0.1, 0.15) is 28.7 Å². The predicted octanol–water partition coefficient (Wildman–Crippen LogP) is 1.35. The number of fused-ring (bicyclic) bond motifs is 1. The Morgan fingerprint density at radius 1 is 1.38 bits per heavy atom. The highest BCUT2D eigenvalue weighted by Gasteiger charge is 2.13. The quantitative estimate of drug-likeness (QED) is 0.668. The van der Waals surface area contributed by atoms with Gasteiger partial charge in [0.15, 0.2) is 5.65 Å². The molecule has 0 aliphatic heterocycles. The van der Waals surface area contributed by atoms with Crippen molar-refractivity contribution in [2.45, 2.75) is 20.4 Å². The molecule has 3 rings (SSSR count). The third kappa shape index (κ3) is 2.47. The summed E-state index contributed by atoms with van der Waals surface area (Å²) in [6.45, 7) is 4.30. The molecule has 0 spiro atoms. The Morgan fingerprint density at radius 2 is 2.24 bits per heavy atom. The maximum Gasteiger partial charge on any atom is 0.339 e. The standard InChI is InChI=1S/C13H13N5O3/c1-3-20-13(19)10-4-9-6-15-18(12(9)14-5-10)7-11-8(2)16-21-17-11/h4-6H,3,7H2,1-2H3. The van der Waals surface area contributed by atoms with E-state index in [0.717, 1.165) is 5.39 Å². The normalized spacial score (nSPS) is 11.0. The Bertz CT molecular complexity index is 792. The van der Waals surface area contributed by atoms with Gasteiger partial charge in [-0.1, -0.05) is 10.3 Å². The Hall–Kier alpha value is -2.77. The van der Waals surface area contributed by atoms with Crippen LogP contribution >= 0.6 is 0 Å². The van der Waals surface area contributed by atoms with Crippen LogP contribution in [0.15, 0.2) is 23.1 Å². The van der Waals surface area contributed by atoms with Gasteiger partial charge in [-0.05, 0) is 19.9 Å². The summed E-state index contributed by atoms with van der Waals surface area (Å²) < 4.78 is 11.3. The predicted molar refractivity (Wildman–Crippen MR) is 71.6 cm³/mol. The first-order valence-electron chi connectivity index (χ1n) is 6.45. The molecular weight excluding hydrogens is 274 g/mol. The average molecular weight is 287 g/mol. The molecule has 0 amide bonds. The van der Waals surface area contributed by atoms with E-state index in [1.807, 2.05) is 6.92 Å². The van der Waals surface area contributed by atoms with Gasteiger partial charge in [-0.2, -0.15) is 5.10 Å². The second-order valence-electron chi connectivity index (χ2n) is 4.46. The van der Waals surface area contributed by atoms with E-state index in [1.165, 1.54) is 6.20 Å². The van der Waals surface area contributed by atoms with Gasteiger partial charge >= 0.3 is 5.97 Å². The Balaban J connectivity index is 1.92. The molecule has 108 valence electrons. The molecule has 3 heterocycles. The number of aryl methyl sites for hydroxylation is 1. The lowest BCUT2D eigenvalue weighted by molar-refractivity contribution is 0.0526. The van der Waals surface area contributed by atoms with Gasteiger partial charge in [-0.25, -0.2) is 19.1 Å². The summed E-state index contributed by atoms with van der Waals surface area (Å²) in [7, 11) is 0. The van der Waals surface area contributed by atoms with Gasteiger partial charge < -0.3 is 4.74 Å². The molecule has 0 radical (unpaired) electrons. The minimum Gasteiger partial charge on any atom is -0.462 e. The summed E-state index contributed by atoms with van der Waals surface area (Å²) in [6, 6.07) is 1.71. The molecule has 0 aromatic carbocycles. The van der Waals surface area contributed by atoms with Crippen molar-refractivity contribution in [3.63, 3.8) is 0 Å². The molecule has 8 nitrogen and oxygen atoms in total. The van der Waals surface area contributed by atoms with E-state index in [9.17, 15) is 4.79 Å². The molecular formula is C13H13N5O3. The van der Waals surface area contributed by atoms with Crippen molar-refractivity contribution in [2.75, 3.05) is 6.61 Å². The molecule has 3 aromatic heterocycles. The fourth-order valence-electron chi connectivity index (χ4n) is 1.95. The van der Waals surface area contributed by atoms with Crippen molar-refractivity contribution in [2.24, 2.45) is 0 Å². The number of aromatic nitrogens is 5. The van der Waals surface area contributed by atoms with E-state index in [4.69, 9.17) is 4.74 Å². The van der Waals surface area contributed by atoms with Gasteiger partial charge in [0.1, 0.15) is 11.4 Å². The smallest absolute Gasteiger partial charge is 0.339 e. The van der Waals surface area contributed by atoms with E-state index in [-0.39, 0.29) is 0 Å². The highest BCUT2D eigenvalue weighted by molar-refractivity contribution is 5.92. The molecule has 21 heavy (non-hydrogen) atoms. The summed E-state index contributed by atoms with van der Waals surface area (Å²) in [5, 5.41) is 12.6. The third-order valence-electron chi connectivity index (χ3n) is 3.03. The molecule has 0 atom stereocenters. The molecule has 0 saturated carbocycles. The summed E-state index contributed by atoms with van der Waals surface area (Å²) >= 11 is 0. The van der Waals surface area contributed by atoms with Crippen molar-refractivity contribution in [1.29, 1.82) is 0 Å². The zero-order chi connectivity index (χ0) is 14.8. The molecule has 0 aliphatic carbocycles. The number of ether oxygens (including phenoxy) is 1. The van der Waals surface area contributed by atoms with Gasteiger partial charge in [0, 0.05) is 11.6 Å². The first kappa shape index (κ1) is 13.2. The van der Waals surface area contributed by atoms with Crippen LogP contribution in [-0.4, -0.2) is 37.7 Å². The highest BCUT2D eigenvalue weighted by Crippen LogP contribution is 2.15. The number of esters is 1. The van der Waals surface area contributed by atoms with Crippen LogP contribution < -0.4 is 0 Å². The van der Waals surface area contributed by atoms with Crippen LogP contribution in [0.3, 0.4) is 0 Å². The summed E-state index contributed by atoms with van der Waals surface area (Å²) in [4.78, 5) is 16.0. The zero-order valence-corrected chi connectivity index (χ0v) is 11.6. The third-order valence-corrected chi connectivity index (χ3v) is 3.03. The van der Waals surface area contributed by atoms with Crippen LogP contribution in [0.2, 0.25) is 0 Å². The Morgan fingerprint density at radius 3 is 2.95 bits per heavy atom. The number of rotatable bonds is 4. The van der Waals surface area contributed by atoms with Crippen molar-refractivity contribution >= 4 is 17.0 Å². The maximum absolute atomic E-state index is 11.7. The maximum atomic E-state index is 11.7. The topological polar surface area (TPSA) is 95.9 Å². The monoisotopic (exact) mass is 287 g/mol. The van der Waals surface area contributed by atoms with Gasteiger partial charge in [0.2, 0.25) is 0 Å². The van der Waals surface area contributed by atoms with Crippen LogP contribution in [0, 0.1) is 6.92 Å². The van der Waals surface area contributed by atoms with Crippen LogP contribution in [0.25, 0.3) is 11.0 Å². The lowest BCUT2D eigenvalue weighted by Gasteiger charge is -2.02. The average Bonchev–Trinajstić information content (AvgIpc) is 3.06.